The van der Waals surface area contributed by atoms with Gasteiger partial charge in [0.15, 0.2) is 0 Å². The van der Waals surface area contributed by atoms with Crippen LogP contribution in [-0.2, 0) is 19.1 Å². The van der Waals surface area contributed by atoms with Gasteiger partial charge in [-0.3, -0.25) is 24.6 Å². The van der Waals surface area contributed by atoms with Crippen molar-refractivity contribution in [2.24, 2.45) is 16.2 Å². The number of nitriles is 2. The van der Waals surface area contributed by atoms with Gasteiger partial charge in [0, 0.05) is 74.3 Å². The van der Waals surface area contributed by atoms with Crippen LogP contribution in [0.5, 0.6) is 5.75 Å². The molecule has 2 aliphatic heterocycles. The van der Waals surface area contributed by atoms with Gasteiger partial charge in [0.1, 0.15) is 54.7 Å². The van der Waals surface area contributed by atoms with Gasteiger partial charge < -0.3 is 40.1 Å². The first kappa shape index (κ1) is 52.8. The van der Waals surface area contributed by atoms with E-state index in [1.807, 2.05) is 82.6 Å². The normalized spacial score (nSPS) is 22.0. The van der Waals surface area contributed by atoms with E-state index >= 15 is 0 Å². The first-order valence-electron chi connectivity index (χ1n) is 24.3. The van der Waals surface area contributed by atoms with Crippen molar-refractivity contribution in [1.29, 1.82) is 10.5 Å². The molecule has 378 valence electrons. The number of thiazole rings is 1. The number of anilines is 1. The minimum absolute atomic E-state index is 0.0188. The Balaban J connectivity index is 0.832. The van der Waals surface area contributed by atoms with Crippen LogP contribution < -0.4 is 25.6 Å². The molecule has 3 aliphatic rings. The molecule has 5 N–H and O–H groups in total. The van der Waals surface area contributed by atoms with E-state index in [2.05, 4.69) is 64.5 Å². The van der Waals surface area contributed by atoms with E-state index in [1.54, 1.807) is 35.7 Å². The minimum atomic E-state index is -0.965. The maximum Gasteiger partial charge on any atom is 0.246 e. The van der Waals surface area contributed by atoms with E-state index in [0.717, 1.165) is 53.7 Å². The van der Waals surface area contributed by atoms with E-state index in [0.29, 0.717) is 30.0 Å². The quantitative estimate of drug-likeness (QED) is 0.0675. The van der Waals surface area contributed by atoms with Crippen LogP contribution in [-0.4, -0.2) is 131 Å². The van der Waals surface area contributed by atoms with Crippen LogP contribution in [0.15, 0.2) is 66.3 Å². The Labute approximate surface area is 421 Å². The Kier molecular flexibility index (Phi) is 16.2. The molecule has 3 fully saturated rings. The van der Waals surface area contributed by atoms with Crippen molar-refractivity contribution in [2.45, 2.75) is 111 Å². The van der Waals surface area contributed by atoms with Crippen LogP contribution in [0.3, 0.4) is 0 Å². The van der Waals surface area contributed by atoms with E-state index in [4.69, 9.17) is 14.5 Å². The molecule has 71 heavy (non-hydrogen) atoms. The lowest BCUT2D eigenvalue weighted by Crippen LogP contribution is -2.74. The molecule has 1 aliphatic carbocycles. The fraction of sp³-hybridized carbons (Fsp3) is 0.528. The molecule has 2 saturated heterocycles. The number of nitrogens with zero attached hydrogens (tertiary/aromatic N) is 7. The monoisotopic (exact) mass is 988 g/mol. The lowest BCUT2D eigenvalue weighted by Gasteiger charge is -2.63. The third-order valence-electron chi connectivity index (χ3n) is 14.3. The largest absolute Gasteiger partial charge is 0.489 e. The number of aliphatic hydroxyl groups is 2. The average Bonchev–Trinajstić information content (AvgIpc) is 3.97. The summed E-state index contributed by atoms with van der Waals surface area (Å²) in [7, 11) is 0. The van der Waals surface area contributed by atoms with Gasteiger partial charge in [-0.15, -0.1) is 11.3 Å². The summed E-state index contributed by atoms with van der Waals surface area (Å²) in [6.45, 7) is 21.3. The number of rotatable bonds is 17. The summed E-state index contributed by atoms with van der Waals surface area (Å²) in [4.78, 5) is 57.1. The Morgan fingerprint density at radius 2 is 1.61 bits per heavy atom. The van der Waals surface area contributed by atoms with Crippen molar-refractivity contribution < 1.29 is 34.1 Å². The smallest absolute Gasteiger partial charge is 0.246 e. The van der Waals surface area contributed by atoms with Crippen LogP contribution in [0.1, 0.15) is 102 Å². The predicted molar refractivity (Wildman–Crippen MR) is 270 cm³/mol. The summed E-state index contributed by atoms with van der Waals surface area (Å²) >= 11 is 1.57. The highest BCUT2D eigenvalue weighted by Crippen LogP contribution is 2.56. The molecule has 4 heterocycles. The van der Waals surface area contributed by atoms with Crippen molar-refractivity contribution in [3.8, 4) is 28.3 Å². The molecule has 1 saturated carbocycles. The maximum absolute atomic E-state index is 14.1. The van der Waals surface area contributed by atoms with E-state index in [-0.39, 0.29) is 60.1 Å². The number of nitrogens with one attached hydrogen (secondary N) is 3. The number of carbonyl (C=O) groups is 3. The molecule has 17 nitrogen and oxygen atoms in total. The molecule has 2 aromatic heterocycles. The molecule has 3 amide bonds. The second-order valence-electron chi connectivity index (χ2n) is 21.3. The van der Waals surface area contributed by atoms with Crippen LogP contribution in [0.25, 0.3) is 10.4 Å². The van der Waals surface area contributed by atoms with Gasteiger partial charge in [0.05, 0.1) is 46.0 Å². The van der Waals surface area contributed by atoms with Crippen LogP contribution in [0.2, 0.25) is 0 Å². The standard InChI is InChI=1S/C53H68N10O7S/c1-32(34-10-12-35(13-11-34)44-33(2)57-31-71-44)58-47(67)41-25-39(64)29-63(41)48(68)45(51(3,4)5)59-43(65)30-69-23-22-61-18-20-62(21-19-61)42-17-15-37(28-56-42)46(66)60-49-52(6,7)50(53(49,8)9)70-40-16-14-36(26-54)38(24-40)27-55/h10-17,24,28,31-32,39,41,45-46,49-50,60,64,66H,18-23,25,29-30H2,1-9H3,(H,58,67)(H,59,65)/t32-,39+,41-,45+,46?,49-,50-/m0/s1. The zero-order valence-electron chi connectivity index (χ0n) is 42.2. The topological polar surface area (TPSA) is 229 Å². The number of ether oxygens (including phenoxy) is 2. The number of amides is 3. The van der Waals surface area contributed by atoms with Crippen molar-refractivity contribution in [2.75, 3.05) is 57.4 Å². The van der Waals surface area contributed by atoms with E-state index in [9.17, 15) is 35.1 Å². The van der Waals surface area contributed by atoms with Gasteiger partial charge in [0.2, 0.25) is 17.7 Å². The number of β-amino-alcohol motifs (C(OH)–C–C–N with tert-alkyl or cyclic N) is 1. The van der Waals surface area contributed by atoms with Crippen molar-refractivity contribution in [3.05, 3.63) is 94.3 Å². The molecule has 0 spiro atoms. The number of pyridine rings is 1. The summed E-state index contributed by atoms with van der Waals surface area (Å²) in [5.41, 5.74) is 4.47. The fourth-order valence-electron chi connectivity index (χ4n) is 10.6. The molecule has 2 aromatic carbocycles. The summed E-state index contributed by atoms with van der Waals surface area (Å²) < 4.78 is 12.2. The lowest BCUT2D eigenvalue weighted by atomic mass is 9.49. The molecule has 18 heteroatoms. The second kappa shape index (κ2) is 21.8. The zero-order chi connectivity index (χ0) is 51.4. The summed E-state index contributed by atoms with van der Waals surface area (Å²) in [6, 6.07) is 18.4. The third-order valence-corrected chi connectivity index (χ3v) is 15.3. The number of piperazine rings is 1. The first-order chi connectivity index (χ1) is 33.6. The number of likely N-dealkylation sites (tertiary alicyclic amines) is 1. The van der Waals surface area contributed by atoms with Crippen molar-refractivity contribution in [1.82, 2.24) is 35.7 Å². The highest BCUT2D eigenvalue weighted by atomic mass is 32.1. The number of carbonyl (C=O) groups excluding carboxylic acids is 3. The molecule has 7 rings (SSSR count). The molecule has 0 bridgehead atoms. The molecular formula is C53H68N10O7S. The van der Waals surface area contributed by atoms with E-state index in [1.165, 1.54) is 4.90 Å². The minimum Gasteiger partial charge on any atom is -0.489 e. The molecule has 0 radical (unpaired) electrons. The molecule has 1 unspecified atom stereocenters. The maximum atomic E-state index is 14.1. The van der Waals surface area contributed by atoms with Crippen molar-refractivity contribution in [3.63, 3.8) is 0 Å². The third kappa shape index (κ3) is 11.9. The second-order valence-corrected chi connectivity index (χ2v) is 22.1. The number of hydrogen-bond acceptors (Lipinski definition) is 15. The van der Waals surface area contributed by atoms with Gasteiger partial charge in [0.25, 0.3) is 0 Å². The first-order valence-corrected chi connectivity index (χ1v) is 25.1. The van der Waals surface area contributed by atoms with Gasteiger partial charge in [-0.25, -0.2) is 9.97 Å². The highest BCUT2D eigenvalue weighted by Gasteiger charge is 2.64. The summed E-state index contributed by atoms with van der Waals surface area (Å²) in [5, 5.41) is 50.1. The fourth-order valence-corrected chi connectivity index (χ4v) is 11.4. The van der Waals surface area contributed by atoms with Gasteiger partial charge >= 0.3 is 0 Å². The number of benzene rings is 2. The number of aryl methyl sites for hydroxylation is 1. The Hall–Kier alpha value is -5.99. The SMILES string of the molecule is Cc1ncsc1-c1ccc([C@H](C)NC(=O)[C@@H]2C[C@@H](O)CN2C(=O)[C@@H](NC(=O)COCCN2CCN(c3ccc(C(O)N[C@H]4C(C)(C)[C@H](Oc5ccc(C#N)c(C#N)c5)C4(C)C)cn3)CC2)C(C)(C)C)cc1. The molecule has 5 atom stereocenters. The Bertz CT molecular complexity index is 2590. The molecular weight excluding hydrogens is 921 g/mol. The van der Waals surface area contributed by atoms with E-state index < -0.39 is 41.6 Å². The highest BCUT2D eigenvalue weighted by molar-refractivity contribution is 7.13. The van der Waals surface area contributed by atoms with Gasteiger partial charge in [-0.2, -0.15) is 10.5 Å². The Morgan fingerprint density at radius 3 is 2.21 bits per heavy atom. The average molecular weight is 989 g/mol. The number of hydrogen-bond donors (Lipinski definition) is 5. The van der Waals surface area contributed by atoms with Crippen LogP contribution in [0.4, 0.5) is 5.82 Å². The summed E-state index contributed by atoms with van der Waals surface area (Å²) in [6.07, 6.45) is -0.288. The zero-order valence-corrected chi connectivity index (χ0v) is 43.0. The number of aromatic nitrogens is 2. The van der Waals surface area contributed by atoms with Crippen LogP contribution in [0, 0.1) is 45.8 Å². The molecule has 4 aromatic rings. The van der Waals surface area contributed by atoms with Gasteiger partial charge in [-0.1, -0.05) is 72.7 Å². The van der Waals surface area contributed by atoms with Crippen LogP contribution >= 0.6 is 11.3 Å². The van der Waals surface area contributed by atoms with Gasteiger partial charge in [-0.05, 0) is 60.7 Å². The van der Waals surface area contributed by atoms with Crippen molar-refractivity contribution >= 4 is 34.9 Å². The predicted octanol–water partition coefficient (Wildman–Crippen LogP) is 5.23. The summed E-state index contributed by atoms with van der Waals surface area (Å²) in [5.74, 6) is 0.0792. The lowest BCUT2D eigenvalue weighted by molar-refractivity contribution is -0.179. The Morgan fingerprint density at radius 1 is 0.930 bits per heavy atom. The number of aliphatic hydroxyl groups excluding tert-OH is 2.